The van der Waals surface area contributed by atoms with Crippen LogP contribution in [0.4, 0.5) is 5.69 Å². The molecule has 1 rings (SSSR count). The van der Waals surface area contributed by atoms with Crippen LogP contribution in [-0.2, 0) is 4.79 Å². The molecule has 1 heterocycles. The fourth-order valence-corrected chi connectivity index (χ4v) is 1.57. The highest BCUT2D eigenvalue weighted by molar-refractivity contribution is 6.29. The molecule has 0 aliphatic carbocycles. The predicted octanol–water partition coefficient (Wildman–Crippen LogP) is 1.70. The maximum absolute atomic E-state index is 11.5. The Balaban J connectivity index is 2.70. The molecule has 0 fully saturated rings. The molecule has 0 spiro atoms. The summed E-state index contributed by atoms with van der Waals surface area (Å²) >= 11 is 5.81. The quantitative estimate of drug-likeness (QED) is 0.799. The van der Waals surface area contributed by atoms with Crippen molar-refractivity contribution in [3.05, 3.63) is 23.5 Å². The van der Waals surface area contributed by atoms with Crippen LogP contribution in [0.2, 0.25) is 5.15 Å². The van der Waals surface area contributed by atoms with E-state index in [2.05, 4.69) is 10.3 Å². The molecule has 1 aromatic rings. The Labute approximate surface area is 101 Å². The second kappa shape index (κ2) is 6.33. The van der Waals surface area contributed by atoms with Gasteiger partial charge in [-0.05, 0) is 26.0 Å². The molecule has 0 radical (unpaired) electrons. The van der Waals surface area contributed by atoms with Crippen LogP contribution in [0.5, 0.6) is 0 Å². The second-order valence-corrected chi connectivity index (χ2v) is 3.69. The molecule has 0 aliphatic heterocycles. The number of rotatable bonds is 5. The first-order valence-corrected chi connectivity index (χ1v) is 5.68. The Morgan fingerprint density at radius 2 is 2.31 bits per heavy atom. The van der Waals surface area contributed by atoms with Gasteiger partial charge in [0.2, 0.25) is 5.91 Å². The van der Waals surface area contributed by atoms with Gasteiger partial charge in [0, 0.05) is 25.0 Å². The number of halogens is 1. The summed E-state index contributed by atoms with van der Waals surface area (Å²) in [6.07, 6.45) is 1.64. The summed E-state index contributed by atoms with van der Waals surface area (Å²) in [6, 6.07) is 3.60. The summed E-state index contributed by atoms with van der Waals surface area (Å²) in [7, 11) is 0. The lowest BCUT2D eigenvalue weighted by Gasteiger charge is -2.22. The monoisotopic (exact) mass is 241 g/mol. The number of hydrogen-bond acceptors (Lipinski definition) is 3. The van der Waals surface area contributed by atoms with Gasteiger partial charge in [0.15, 0.2) is 0 Å². The minimum Gasteiger partial charge on any atom is -0.362 e. The van der Waals surface area contributed by atoms with Crippen molar-refractivity contribution in [2.24, 2.45) is 0 Å². The van der Waals surface area contributed by atoms with Crippen molar-refractivity contribution in [3.8, 4) is 0 Å². The molecule has 5 heteroatoms. The summed E-state index contributed by atoms with van der Waals surface area (Å²) in [4.78, 5) is 17.3. The van der Waals surface area contributed by atoms with E-state index in [1.54, 1.807) is 12.3 Å². The molecule has 1 N–H and O–H groups in total. The van der Waals surface area contributed by atoms with E-state index in [9.17, 15) is 4.79 Å². The summed E-state index contributed by atoms with van der Waals surface area (Å²) < 4.78 is 0. The minimum atomic E-state index is 0.0114. The van der Waals surface area contributed by atoms with E-state index in [-0.39, 0.29) is 5.91 Å². The maximum atomic E-state index is 11.5. The van der Waals surface area contributed by atoms with Gasteiger partial charge in [-0.1, -0.05) is 11.6 Å². The van der Waals surface area contributed by atoms with Gasteiger partial charge in [0.25, 0.3) is 0 Å². The molecule has 16 heavy (non-hydrogen) atoms. The van der Waals surface area contributed by atoms with E-state index in [1.807, 2.05) is 24.8 Å². The van der Waals surface area contributed by atoms with Crippen LogP contribution in [0, 0.1) is 0 Å². The summed E-state index contributed by atoms with van der Waals surface area (Å²) in [5.74, 6) is 0.0114. The standard InChI is InChI=1S/C11H16ClN3O/c1-3-13-11(16)8-15(4-2)9-5-6-14-10(12)7-9/h5-7H,3-4,8H2,1-2H3,(H,13,16). The van der Waals surface area contributed by atoms with Crippen molar-refractivity contribution >= 4 is 23.2 Å². The molecule has 88 valence electrons. The SMILES string of the molecule is CCNC(=O)CN(CC)c1ccnc(Cl)c1. The largest absolute Gasteiger partial charge is 0.362 e. The smallest absolute Gasteiger partial charge is 0.239 e. The number of likely N-dealkylation sites (N-methyl/N-ethyl adjacent to an activating group) is 2. The Morgan fingerprint density at radius 1 is 1.56 bits per heavy atom. The van der Waals surface area contributed by atoms with Crippen LogP contribution in [0.25, 0.3) is 0 Å². The average molecular weight is 242 g/mol. The Hall–Kier alpha value is -1.29. The first-order chi connectivity index (χ1) is 7.67. The number of anilines is 1. The first-order valence-electron chi connectivity index (χ1n) is 5.30. The highest BCUT2D eigenvalue weighted by Crippen LogP contribution is 2.16. The second-order valence-electron chi connectivity index (χ2n) is 3.30. The first kappa shape index (κ1) is 12.8. The van der Waals surface area contributed by atoms with E-state index >= 15 is 0 Å². The summed E-state index contributed by atoms with van der Waals surface area (Å²) in [6.45, 7) is 5.63. The molecule has 0 bridgehead atoms. The average Bonchev–Trinajstić information content (AvgIpc) is 2.26. The zero-order chi connectivity index (χ0) is 12.0. The lowest BCUT2D eigenvalue weighted by atomic mass is 10.3. The lowest BCUT2D eigenvalue weighted by Crippen LogP contribution is -2.37. The molecule has 0 unspecified atom stereocenters. The molecule has 0 saturated carbocycles. The van der Waals surface area contributed by atoms with Crippen molar-refractivity contribution in [1.29, 1.82) is 0 Å². The third kappa shape index (κ3) is 3.70. The van der Waals surface area contributed by atoms with Gasteiger partial charge in [-0.2, -0.15) is 0 Å². The van der Waals surface area contributed by atoms with Gasteiger partial charge in [-0.25, -0.2) is 4.98 Å². The van der Waals surface area contributed by atoms with E-state index in [4.69, 9.17) is 11.6 Å². The Morgan fingerprint density at radius 3 is 2.88 bits per heavy atom. The molecular weight excluding hydrogens is 226 g/mol. The zero-order valence-electron chi connectivity index (χ0n) is 9.53. The predicted molar refractivity (Wildman–Crippen MR) is 65.8 cm³/mol. The maximum Gasteiger partial charge on any atom is 0.239 e. The summed E-state index contributed by atoms with van der Waals surface area (Å²) in [5.41, 5.74) is 0.911. The number of aromatic nitrogens is 1. The van der Waals surface area contributed by atoms with E-state index < -0.39 is 0 Å². The van der Waals surface area contributed by atoms with Crippen LogP contribution < -0.4 is 10.2 Å². The molecule has 0 aliphatic rings. The number of nitrogens with one attached hydrogen (secondary N) is 1. The highest BCUT2D eigenvalue weighted by atomic mass is 35.5. The van der Waals surface area contributed by atoms with E-state index in [0.717, 1.165) is 12.2 Å². The molecule has 1 amide bonds. The molecule has 4 nitrogen and oxygen atoms in total. The fourth-order valence-electron chi connectivity index (χ4n) is 1.40. The number of nitrogens with zero attached hydrogens (tertiary/aromatic N) is 2. The van der Waals surface area contributed by atoms with Crippen molar-refractivity contribution in [3.63, 3.8) is 0 Å². The van der Waals surface area contributed by atoms with Crippen molar-refractivity contribution in [2.75, 3.05) is 24.5 Å². The van der Waals surface area contributed by atoms with Crippen LogP contribution in [0.15, 0.2) is 18.3 Å². The van der Waals surface area contributed by atoms with Crippen LogP contribution in [0.1, 0.15) is 13.8 Å². The molecule has 1 aromatic heterocycles. The number of amides is 1. The third-order valence-corrected chi connectivity index (χ3v) is 2.37. The third-order valence-electron chi connectivity index (χ3n) is 2.17. The molecular formula is C11H16ClN3O. The van der Waals surface area contributed by atoms with Gasteiger partial charge in [-0.15, -0.1) is 0 Å². The van der Waals surface area contributed by atoms with Crippen molar-refractivity contribution in [1.82, 2.24) is 10.3 Å². The van der Waals surface area contributed by atoms with Crippen LogP contribution >= 0.6 is 11.6 Å². The van der Waals surface area contributed by atoms with Crippen molar-refractivity contribution < 1.29 is 4.79 Å². The van der Waals surface area contributed by atoms with E-state index in [1.165, 1.54) is 0 Å². The number of carbonyl (C=O) groups is 1. The number of hydrogen-bond donors (Lipinski definition) is 1. The minimum absolute atomic E-state index is 0.0114. The van der Waals surface area contributed by atoms with Gasteiger partial charge >= 0.3 is 0 Å². The zero-order valence-corrected chi connectivity index (χ0v) is 10.3. The van der Waals surface area contributed by atoms with E-state index in [0.29, 0.717) is 18.2 Å². The van der Waals surface area contributed by atoms with Gasteiger partial charge in [0.05, 0.1) is 6.54 Å². The highest BCUT2D eigenvalue weighted by Gasteiger charge is 2.09. The Bertz CT molecular complexity index is 357. The number of carbonyl (C=O) groups excluding carboxylic acids is 1. The molecule has 0 atom stereocenters. The van der Waals surface area contributed by atoms with Gasteiger partial charge < -0.3 is 10.2 Å². The topological polar surface area (TPSA) is 45.2 Å². The number of pyridine rings is 1. The van der Waals surface area contributed by atoms with Crippen molar-refractivity contribution in [2.45, 2.75) is 13.8 Å². The van der Waals surface area contributed by atoms with Gasteiger partial charge in [-0.3, -0.25) is 4.79 Å². The summed E-state index contributed by atoms with van der Waals surface area (Å²) in [5, 5.41) is 3.20. The van der Waals surface area contributed by atoms with Crippen LogP contribution in [-0.4, -0.2) is 30.5 Å². The van der Waals surface area contributed by atoms with Crippen LogP contribution in [0.3, 0.4) is 0 Å². The Kier molecular flexibility index (Phi) is 5.05. The van der Waals surface area contributed by atoms with Gasteiger partial charge in [0.1, 0.15) is 5.15 Å². The molecule has 0 saturated heterocycles. The fraction of sp³-hybridized carbons (Fsp3) is 0.455. The molecule has 0 aromatic carbocycles. The normalized spacial score (nSPS) is 9.94. The lowest BCUT2D eigenvalue weighted by molar-refractivity contribution is -0.119.